The Kier molecular flexibility index (Phi) is 5.52. The first-order valence-electron chi connectivity index (χ1n) is 9.27. The van der Waals surface area contributed by atoms with Crippen molar-refractivity contribution in [3.63, 3.8) is 0 Å². The standard InChI is InChI=1S/C19H16Br2N2O7/c20-16-10-5-11(17(16)21)15-14(10)18(26)22(19(15)27)6-13(25)30-7-12(24)8-2-1-3-9(4-8)23(28)29/h1-4,10-11,14-17H,5-7H2/t10-,11-,14-,15+,16-,17+/m0/s1. The summed E-state index contributed by atoms with van der Waals surface area (Å²) in [5, 5.41) is 10.8. The van der Waals surface area contributed by atoms with Crippen molar-refractivity contribution in [3.05, 3.63) is 39.9 Å². The Balaban J connectivity index is 1.36. The third kappa shape index (κ3) is 3.37. The maximum atomic E-state index is 12.8. The zero-order chi connectivity index (χ0) is 21.7. The number of hydrogen-bond donors (Lipinski definition) is 0. The van der Waals surface area contributed by atoms with E-state index < -0.39 is 41.7 Å². The third-order valence-corrected chi connectivity index (χ3v) is 9.32. The van der Waals surface area contributed by atoms with E-state index in [0.717, 1.165) is 17.4 Å². The van der Waals surface area contributed by atoms with Crippen LogP contribution in [0.15, 0.2) is 24.3 Å². The Morgan fingerprint density at radius 3 is 2.30 bits per heavy atom. The fraction of sp³-hybridized carbons (Fsp3) is 0.474. The second-order valence-corrected chi connectivity index (χ2v) is 9.77. The summed E-state index contributed by atoms with van der Waals surface area (Å²) < 4.78 is 4.93. The van der Waals surface area contributed by atoms with Crippen molar-refractivity contribution in [2.45, 2.75) is 16.1 Å². The van der Waals surface area contributed by atoms with E-state index >= 15 is 0 Å². The summed E-state index contributed by atoms with van der Waals surface area (Å²) in [5.41, 5.74) is -0.222. The summed E-state index contributed by atoms with van der Waals surface area (Å²) in [4.78, 5) is 61.2. The number of carbonyl (C=O) groups excluding carboxylic acids is 4. The van der Waals surface area contributed by atoms with Crippen LogP contribution in [0.5, 0.6) is 0 Å². The number of alkyl halides is 2. The lowest BCUT2D eigenvalue weighted by molar-refractivity contribution is -0.384. The van der Waals surface area contributed by atoms with Gasteiger partial charge >= 0.3 is 5.97 Å². The number of amides is 2. The number of imide groups is 1. The number of nitro groups is 1. The van der Waals surface area contributed by atoms with Gasteiger partial charge in [-0.2, -0.15) is 0 Å². The molecule has 0 N–H and O–H groups in total. The molecule has 30 heavy (non-hydrogen) atoms. The van der Waals surface area contributed by atoms with Crippen molar-refractivity contribution in [1.29, 1.82) is 0 Å². The van der Waals surface area contributed by atoms with Gasteiger partial charge in [-0.25, -0.2) is 0 Å². The van der Waals surface area contributed by atoms with Gasteiger partial charge in [-0.1, -0.05) is 44.0 Å². The van der Waals surface area contributed by atoms with Crippen LogP contribution in [-0.4, -0.2) is 56.2 Å². The van der Waals surface area contributed by atoms with Gasteiger partial charge in [0.25, 0.3) is 5.69 Å². The SMILES string of the molecule is O=C(CN1C(=O)[C@@H]2[C@@H]3C[C@H]([C@H](Br)[C@@H]3Br)[C@@H]2C1=O)OCC(=O)c1cccc([N+](=O)[O-])c1. The van der Waals surface area contributed by atoms with E-state index in [0.29, 0.717) is 0 Å². The molecule has 0 spiro atoms. The largest absolute Gasteiger partial charge is 0.456 e. The summed E-state index contributed by atoms with van der Waals surface area (Å²) in [6.45, 7) is -1.19. The van der Waals surface area contributed by atoms with Crippen LogP contribution in [0.4, 0.5) is 5.69 Å². The zero-order valence-electron chi connectivity index (χ0n) is 15.4. The topological polar surface area (TPSA) is 124 Å². The van der Waals surface area contributed by atoms with E-state index in [1.165, 1.54) is 18.2 Å². The van der Waals surface area contributed by atoms with Gasteiger partial charge < -0.3 is 4.74 Å². The second-order valence-electron chi connectivity index (χ2n) is 7.66. The van der Waals surface area contributed by atoms with Crippen LogP contribution in [0, 0.1) is 33.8 Å². The summed E-state index contributed by atoms with van der Waals surface area (Å²) >= 11 is 7.18. The molecule has 0 unspecified atom stereocenters. The number of Topliss-reactive ketones (excluding diaryl/α,β-unsaturated/α-hetero) is 1. The molecule has 3 fully saturated rings. The number of hydrogen-bond acceptors (Lipinski definition) is 7. The van der Waals surface area contributed by atoms with Crippen molar-refractivity contribution in [1.82, 2.24) is 4.90 Å². The number of ketones is 1. The first kappa shape index (κ1) is 21.1. The Morgan fingerprint density at radius 2 is 1.73 bits per heavy atom. The average molecular weight is 544 g/mol. The predicted molar refractivity (Wildman–Crippen MR) is 109 cm³/mol. The van der Waals surface area contributed by atoms with Gasteiger partial charge in [0.05, 0.1) is 16.8 Å². The number of non-ortho nitro benzene ring substituents is 1. The van der Waals surface area contributed by atoms with Crippen molar-refractivity contribution in [2.24, 2.45) is 23.7 Å². The summed E-state index contributed by atoms with van der Waals surface area (Å²) in [5.74, 6) is -3.03. The molecular formula is C19H16Br2N2O7. The van der Waals surface area contributed by atoms with Gasteiger partial charge in [-0.3, -0.25) is 34.2 Å². The second kappa shape index (κ2) is 7.84. The van der Waals surface area contributed by atoms with Crippen LogP contribution >= 0.6 is 31.9 Å². The number of carbonyl (C=O) groups is 4. The lowest BCUT2D eigenvalue weighted by Crippen LogP contribution is -2.38. The molecule has 1 aromatic carbocycles. The van der Waals surface area contributed by atoms with Gasteiger partial charge in [0, 0.05) is 27.4 Å². The number of nitrogens with zero attached hydrogens (tertiary/aromatic N) is 2. The van der Waals surface area contributed by atoms with E-state index in [1.54, 1.807) is 0 Å². The summed E-state index contributed by atoms with van der Waals surface area (Å²) in [6, 6.07) is 5.07. The minimum atomic E-state index is -0.881. The molecule has 4 rings (SSSR count). The van der Waals surface area contributed by atoms with E-state index in [-0.39, 0.29) is 44.6 Å². The molecule has 6 atom stereocenters. The number of fused-ring (bicyclic) bond motifs is 5. The Labute approximate surface area is 187 Å². The van der Waals surface area contributed by atoms with Crippen LogP contribution < -0.4 is 0 Å². The molecule has 2 saturated carbocycles. The lowest BCUT2D eigenvalue weighted by Gasteiger charge is -2.28. The number of ether oxygens (including phenoxy) is 1. The third-order valence-electron chi connectivity index (χ3n) is 6.11. The van der Waals surface area contributed by atoms with Crippen molar-refractivity contribution in [3.8, 4) is 0 Å². The van der Waals surface area contributed by atoms with Gasteiger partial charge in [0.1, 0.15) is 6.54 Å². The first-order chi connectivity index (χ1) is 14.2. The normalized spacial score (nSPS) is 31.7. The molecule has 3 aliphatic rings. The Morgan fingerprint density at radius 1 is 1.13 bits per heavy atom. The highest BCUT2D eigenvalue weighted by atomic mass is 79.9. The minimum Gasteiger partial charge on any atom is -0.456 e. The minimum absolute atomic E-state index is 0.0307. The van der Waals surface area contributed by atoms with Gasteiger partial charge in [-0.05, 0) is 18.3 Å². The average Bonchev–Trinajstić information content (AvgIpc) is 3.33. The van der Waals surface area contributed by atoms with E-state index in [9.17, 15) is 29.3 Å². The molecule has 158 valence electrons. The number of likely N-dealkylation sites (tertiary alicyclic amines) is 1. The number of nitro benzene ring substituents is 1. The van der Waals surface area contributed by atoms with Gasteiger partial charge in [0.2, 0.25) is 17.6 Å². The van der Waals surface area contributed by atoms with Crippen LogP contribution in [0.1, 0.15) is 16.8 Å². The van der Waals surface area contributed by atoms with E-state index in [2.05, 4.69) is 31.9 Å². The van der Waals surface area contributed by atoms with Crippen molar-refractivity contribution < 1.29 is 28.8 Å². The van der Waals surface area contributed by atoms with E-state index in [1.807, 2.05) is 0 Å². The molecule has 0 aromatic heterocycles. The number of halogens is 2. The highest BCUT2D eigenvalue weighted by Gasteiger charge is 2.66. The Bertz CT molecular complexity index is 936. The van der Waals surface area contributed by atoms with Gasteiger partial charge in [0.15, 0.2) is 6.61 Å². The van der Waals surface area contributed by atoms with Crippen LogP contribution in [0.3, 0.4) is 0 Å². The molecule has 2 aliphatic carbocycles. The highest BCUT2D eigenvalue weighted by molar-refractivity contribution is 9.12. The number of esters is 1. The fourth-order valence-electron chi connectivity index (χ4n) is 4.76. The molecule has 1 heterocycles. The predicted octanol–water partition coefficient (Wildman–Crippen LogP) is 2.10. The van der Waals surface area contributed by atoms with E-state index in [4.69, 9.17) is 4.74 Å². The van der Waals surface area contributed by atoms with Crippen molar-refractivity contribution >= 4 is 61.1 Å². The lowest BCUT2D eigenvalue weighted by atomic mass is 9.81. The molecule has 1 aromatic rings. The molecule has 2 amide bonds. The molecule has 1 saturated heterocycles. The summed E-state index contributed by atoms with van der Waals surface area (Å²) in [6.07, 6.45) is 0.786. The maximum Gasteiger partial charge on any atom is 0.326 e. The molecule has 2 bridgehead atoms. The Hall–Kier alpha value is -2.14. The molecular weight excluding hydrogens is 528 g/mol. The molecule has 0 radical (unpaired) electrons. The smallest absolute Gasteiger partial charge is 0.326 e. The van der Waals surface area contributed by atoms with Gasteiger partial charge in [-0.15, -0.1) is 0 Å². The molecule has 9 nitrogen and oxygen atoms in total. The molecule has 11 heteroatoms. The van der Waals surface area contributed by atoms with Crippen molar-refractivity contribution in [2.75, 3.05) is 13.2 Å². The van der Waals surface area contributed by atoms with Crippen LogP contribution in [0.25, 0.3) is 0 Å². The fourth-order valence-corrected chi connectivity index (χ4v) is 6.64. The first-order valence-corrected chi connectivity index (χ1v) is 11.1. The number of rotatable bonds is 6. The number of benzene rings is 1. The maximum absolute atomic E-state index is 12.8. The molecule has 1 aliphatic heterocycles. The monoisotopic (exact) mass is 542 g/mol. The zero-order valence-corrected chi connectivity index (χ0v) is 18.6. The summed E-state index contributed by atoms with van der Waals surface area (Å²) in [7, 11) is 0. The van der Waals surface area contributed by atoms with Crippen LogP contribution in [0.2, 0.25) is 0 Å². The quantitative estimate of drug-likeness (QED) is 0.134. The highest BCUT2D eigenvalue weighted by Crippen LogP contribution is 2.60. The van der Waals surface area contributed by atoms with Crippen LogP contribution in [-0.2, 0) is 19.1 Å².